The largest absolute Gasteiger partial charge is 0.569 e. The summed E-state index contributed by atoms with van der Waals surface area (Å²) >= 11 is 10.7. The highest BCUT2D eigenvalue weighted by molar-refractivity contribution is 14.1. The Hall–Kier alpha value is -9.58. The van der Waals surface area contributed by atoms with Crippen LogP contribution in [0, 0.1) is 16.7 Å². The van der Waals surface area contributed by atoms with Gasteiger partial charge in [-0.3, -0.25) is 9.97 Å². The standard InChI is InChI=1S/C31H28N6OS.C17H11IN2O.C14H18BN4O2S.C14H17BrN4S.C12H24B2O4/c1-20-18-36(19-21(2)37(20)31-33-14-15-39-31)28-13-10-23(16-34-28)27-17-35-29-25(6-5-7-26(29)30(27)38-4)22-8-11-24(32-3)12-9-22;1-19-12-8-6-11(7-9-12)13-4-3-5-14-16(13)20-10-15(18)17(14)21-2;1-10-8-18(13-4-3-12(7-17-13)21-15-20)9-11(2)19(10)14-16-5-6-22-14;1-10-8-18(13-4-3-12(15)7-17-13)9-11(2)19(10)14-16-5-6-20-14;1-9(2)10(3,4)16-13(15-9)14-17-11(5,6)12(7,8)18-14/h5-17,20-21H,18-19H2,1-2,4H3;3-10H,2H3;3-7,10-11,20H,8-9H2,1-2H3;3-7,10-11H,8-9H2,1-2H3;1-8H3/t20-,21+;;2*10-,11+;. The zero-order valence-electron chi connectivity index (χ0n) is 70.3. The lowest BCUT2D eigenvalue weighted by Crippen LogP contribution is -2.57. The highest BCUT2D eigenvalue weighted by Crippen LogP contribution is 2.45. The summed E-state index contributed by atoms with van der Waals surface area (Å²) in [5.74, 6) is 5.07. The number of piperazine rings is 3. The number of anilines is 6. The molecule has 17 rings (SSSR count). The van der Waals surface area contributed by atoms with Crippen molar-refractivity contribution in [1.29, 1.82) is 0 Å². The molecule has 13 heterocycles. The molecule has 6 atom stereocenters. The smallest absolute Gasteiger partial charge is 0.536 e. The van der Waals surface area contributed by atoms with Crippen LogP contribution in [0.4, 0.5) is 44.2 Å². The first-order chi connectivity index (χ1) is 57.5. The van der Waals surface area contributed by atoms with Crippen LogP contribution < -0.4 is 43.5 Å². The first-order valence-electron chi connectivity index (χ1n) is 39.7. The van der Waals surface area contributed by atoms with Crippen LogP contribution >= 0.6 is 72.5 Å². The molecule has 8 aromatic heterocycles. The highest BCUT2D eigenvalue weighted by atomic mass is 127. The van der Waals surface area contributed by atoms with Gasteiger partial charge in [-0.1, -0.05) is 72.8 Å². The second kappa shape index (κ2) is 38.2. The number of ether oxygens (including phenoxy) is 2. The Balaban J connectivity index is 0.000000135. The van der Waals surface area contributed by atoms with Crippen molar-refractivity contribution < 1.29 is 37.8 Å². The molecule has 5 aliphatic heterocycles. The molecule has 32 heteroatoms. The van der Waals surface area contributed by atoms with Crippen molar-refractivity contribution in [2.45, 2.75) is 156 Å². The molecule has 619 valence electrons. The monoisotopic (exact) mass is 1840 g/mol. The molecule has 12 aromatic rings. The second-order valence-electron chi connectivity index (χ2n) is 32.1. The Morgan fingerprint density at radius 3 is 1.15 bits per heavy atom. The highest BCUT2D eigenvalue weighted by Gasteiger charge is 2.64. The van der Waals surface area contributed by atoms with Crippen LogP contribution in [-0.4, -0.2) is 179 Å². The molecule has 0 amide bonds. The van der Waals surface area contributed by atoms with Crippen LogP contribution in [0.5, 0.6) is 17.2 Å². The third kappa shape index (κ3) is 19.6. The predicted octanol–water partition coefficient (Wildman–Crippen LogP) is 19.3. The van der Waals surface area contributed by atoms with E-state index in [1.54, 1.807) is 60.5 Å². The summed E-state index contributed by atoms with van der Waals surface area (Å²) in [5, 5.41) is 19.9. The molecule has 5 saturated heterocycles. The van der Waals surface area contributed by atoms with Crippen molar-refractivity contribution in [1.82, 2.24) is 39.9 Å². The number of fused-ring (bicyclic) bond motifs is 2. The van der Waals surface area contributed by atoms with Crippen LogP contribution in [-0.2, 0) is 18.6 Å². The average molecular weight is 1840 g/mol. The summed E-state index contributed by atoms with van der Waals surface area (Å²) in [5.41, 5.74) is 7.55. The van der Waals surface area contributed by atoms with Gasteiger partial charge < -0.3 is 67.2 Å². The Labute approximate surface area is 739 Å². The lowest BCUT2D eigenvalue weighted by molar-refractivity contribution is 0.00578. The first-order valence-corrected chi connectivity index (χ1v) is 44.2. The van der Waals surface area contributed by atoms with Crippen molar-refractivity contribution in [3.05, 3.63) is 218 Å². The van der Waals surface area contributed by atoms with Gasteiger partial charge in [-0.15, -0.1) is 34.0 Å². The van der Waals surface area contributed by atoms with Gasteiger partial charge in [0.05, 0.1) is 70.6 Å². The maximum absolute atomic E-state index is 8.63. The SMILES string of the molecule is CC1(C)OB(B2OC(C)(C)C(C)(C)O2)OC1(C)C.C[C@@H]1CN(c2ccc(Br)cn2)C[C@H](C)N1c1nccs1.C[C@@H]1CN(c2ccc(O[B]O)cn2)C[C@H](C)N1c1nccs1.[C-]#[N+]c1ccc(-c2cccc3c(OC)c(-c4ccc(N5C[C@@H](C)N(c6nccs6)[C@@H](C)C5)nc4)cnc23)cc1.[C-]#[N+]c1ccc(-c2cccc3c(OC)c(I)cnc23)cc1. The molecule has 4 aromatic carbocycles. The van der Waals surface area contributed by atoms with Crippen molar-refractivity contribution in [3.63, 3.8) is 0 Å². The number of benzene rings is 4. The molecule has 5 aliphatic rings. The van der Waals surface area contributed by atoms with Crippen LogP contribution in [0.25, 0.3) is 64.9 Å². The molecule has 0 bridgehead atoms. The molecule has 5 fully saturated rings. The zero-order chi connectivity index (χ0) is 85.4. The van der Waals surface area contributed by atoms with E-state index >= 15 is 0 Å². The molecule has 24 nitrogen and oxygen atoms in total. The Kier molecular flexibility index (Phi) is 28.1. The van der Waals surface area contributed by atoms with Crippen molar-refractivity contribution in [3.8, 4) is 50.6 Å². The molecule has 0 spiro atoms. The number of pyridine rings is 5. The van der Waals surface area contributed by atoms with E-state index in [4.69, 9.17) is 60.9 Å². The van der Waals surface area contributed by atoms with Crippen LogP contribution in [0.2, 0.25) is 0 Å². The van der Waals surface area contributed by atoms with E-state index in [1.165, 1.54) is 0 Å². The second-order valence-corrected chi connectivity index (χ2v) is 36.8. The molecule has 0 aliphatic carbocycles. The first kappa shape index (κ1) is 88.2. The number of nitrogens with zero attached hydrogens (tertiary/aromatic N) is 16. The number of para-hydroxylation sites is 2. The fraction of sp³-hybridized carbons (Fsp3) is 0.364. The summed E-state index contributed by atoms with van der Waals surface area (Å²) < 4.78 is 42.2. The van der Waals surface area contributed by atoms with E-state index in [2.05, 4.69) is 167 Å². The van der Waals surface area contributed by atoms with Gasteiger partial charge in [0.25, 0.3) is 0 Å². The normalized spacial score (nSPS) is 20.1. The molecule has 1 radical (unpaired) electrons. The zero-order valence-corrected chi connectivity index (χ0v) is 76.5. The minimum absolute atomic E-state index is 0.331. The van der Waals surface area contributed by atoms with Gasteiger partial charge in [0.15, 0.2) is 26.8 Å². The van der Waals surface area contributed by atoms with E-state index in [0.29, 0.717) is 61.1 Å². The summed E-state index contributed by atoms with van der Waals surface area (Å²) in [6, 6.07) is 41.6. The third-order valence-corrected chi connectivity index (χ3v) is 26.4. The summed E-state index contributed by atoms with van der Waals surface area (Å²) in [6.07, 6.45) is 14.7. The maximum Gasteiger partial charge on any atom is 0.569 e. The van der Waals surface area contributed by atoms with Crippen LogP contribution in [0.15, 0.2) is 192 Å². The number of halogens is 2. The van der Waals surface area contributed by atoms with Gasteiger partial charge in [-0.05, 0) is 195 Å². The molecule has 1 N–H and O–H groups in total. The van der Waals surface area contributed by atoms with Crippen LogP contribution in [0.1, 0.15) is 96.9 Å². The minimum atomic E-state index is -0.476. The number of rotatable bonds is 14. The Morgan fingerprint density at radius 1 is 0.450 bits per heavy atom. The van der Waals surface area contributed by atoms with Crippen LogP contribution in [0.3, 0.4) is 0 Å². The number of thiazole rings is 3. The van der Waals surface area contributed by atoms with Gasteiger partial charge in [-0.25, -0.2) is 39.6 Å². The van der Waals surface area contributed by atoms with Crippen molar-refractivity contribution >= 4 is 160 Å². The number of hydrogen-bond acceptors (Lipinski definition) is 25. The Bertz CT molecular complexity index is 5400. The topological polar surface area (TPSA) is 216 Å². The average Bonchev–Trinajstić information content (AvgIpc) is 1.69. The predicted molar refractivity (Wildman–Crippen MR) is 500 cm³/mol. The minimum Gasteiger partial charge on any atom is -0.536 e. The summed E-state index contributed by atoms with van der Waals surface area (Å²) in [4.78, 5) is 57.7. The van der Waals surface area contributed by atoms with E-state index < -0.39 is 14.0 Å². The molecule has 120 heavy (non-hydrogen) atoms. The van der Waals surface area contributed by atoms with Gasteiger partial charge in [0.2, 0.25) is 0 Å². The fourth-order valence-electron chi connectivity index (χ4n) is 15.6. The molecule has 0 unspecified atom stereocenters. The van der Waals surface area contributed by atoms with E-state index in [0.717, 1.165) is 147 Å². The lowest BCUT2D eigenvalue weighted by Gasteiger charge is -2.44. The summed E-state index contributed by atoms with van der Waals surface area (Å²) in [6.45, 7) is 49.4. The Morgan fingerprint density at radius 2 is 0.817 bits per heavy atom. The number of aromatic nitrogens is 8. The van der Waals surface area contributed by atoms with Crippen molar-refractivity contribution in [2.75, 3.05) is 82.9 Å². The molecular formula is C88H98B3BrIN16O8S3. The number of methoxy groups -OCH3 is 2. The van der Waals surface area contributed by atoms with E-state index in [9.17, 15) is 0 Å². The maximum atomic E-state index is 8.63. The fourth-order valence-corrected chi connectivity index (χ4v) is 19.0. The van der Waals surface area contributed by atoms with Gasteiger partial charge in [-0.2, -0.15) is 0 Å². The molecule has 0 saturated carbocycles. The van der Waals surface area contributed by atoms with Gasteiger partial charge in [0, 0.05) is 173 Å². The third-order valence-electron chi connectivity index (χ3n) is 22.8. The lowest BCUT2D eigenvalue weighted by atomic mass is 9.49. The summed E-state index contributed by atoms with van der Waals surface area (Å²) in [7, 11) is 3.08. The van der Waals surface area contributed by atoms with Gasteiger partial charge in [0.1, 0.15) is 34.7 Å². The number of hydrogen-bond donors (Lipinski definition) is 1. The quantitative estimate of drug-likeness (QED) is 0.0608. The van der Waals surface area contributed by atoms with Crippen molar-refractivity contribution in [2.24, 2.45) is 0 Å². The van der Waals surface area contributed by atoms with E-state index in [-0.39, 0.29) is 22.4 Å². The van der Waals surface area contributed by atoms with E-state index in [1.807, 2.05) is 212 Å². The van der Waals surface area contributed by atoms with Gasteiger partial charge >= 0.3 is 21.7 Å². The molecular weight excluding hydrogens is 1740 g/mol.